The molecule has 3 nitrogen and oxygen atoms in total. The van der Waals surface area contributed by atoms with Crippen molar-refractivity contribution in [2.75, 3.05) is 6.61 Å². The van der Waals surface area contributed by atoms with Crippen LogP contribution >= 0.6 is 11.3 Å². The van der Waals surface area contributed by atoms with E-state index in [-0.39, 0.29) is 6.04 Å². The number of aromatic nitrogens is 1. The molecule has 4 heteroatoms. The van der Waals surface area contributed by atoms with Crippen molar-refractivity contribution in [2.45, 2.75) is 39.3 Å². The second-order valence-electron chi connectivity index (χ2n) is 3.20. The van der Waals surface area contributed by atoms with Gasteiger partial charge in [-0.1, -0.05) is 13.3 Å². The fourth-order valence-electron chi connectivity index (χ4n) is 1.21. The van der Waals surface area contributed by atoms with Crippen molar-refractivity contribution in [3.05, 3.63) is 16.1 Å². The van der Waals surface area contributed by atoms with Crippen molar-refractivity contribution < 1.29 is 4.74 Å². The lowest BCUT2D eigenvalue weighted by Crippen LogP contribution is -2.10. The van der Waals surface area contributed by atoms with Crippen LogP contribution in [-0.4, -0.2) is 11.6 Å². The van der Waals surface area contributed by atoms with E-state index in [0.717, 1.165) is 30.2 Å². The number of hydrogen-bond acceptors (Lipinski definition) is 4. The van der Waals surface area contributed by atoms with E-state index in [1.165, 1.54) is 0 Å². The van der Waals surface area contributed by atoms with E-state index in [1.807, 2.05) is 12.3 Å². The number of rotatable bonds is 6. The third kappa shape index (κ3) is 3.36. The molecule has 0 bridgehead atoms. The molecule has 0 radical (unpaired) electrons. The molecule has 14 heavy (non-hydrogen) atoms. The lowest BCUT2D eigenvalue weighted by atomic mass is 10.1. The van der Waals surface area contributed by atoms with Crippen LogP contribution in [0.5, 0.6) is 0 Å². The summed E-state index contributed by atoms with van der Waals surface area (Å²) in [6, 6.07) is 0.0895. The molecule has 1 rings (SSSR count). The van der Waals surface area contributed by atoms with Gasteiger partial charge in [0.05, 0.1) is 12.3 Å². The van der Waals surface area contributed by atoms with Gasteiger partial charge < -0.3 is 10.5 Å². The Labute approximate surface area is 89.3 Å². The van der Waals surface area contributed by atoms with Crippen molar-refractivity contribution in [3.8, 4) is 0 Å². The summed E-state index contributed by atoms with van der Waals surface area (Å²) in [7, 11) is 0. The van der Waals surface area contributed by atoms with Crippen LogP contribution in [0.1, 0.15) is 43.4 Å². The molecule has 0 spiro atoms. The van der Waals surface area contributed by atoms with E-state index in [9.17, 15) is 0 Å². The van der Waals surface area contributed by atoms with E-state index in [1.54, 1.807) is 11.3 Å². The molecule has 0 amide bonds. The Bertz CT molecular complexity index is 262. The van der Waals surface area contributed by atoms with Crippen LogP contribution < -0.4 is 5.73 Å². The minimum atomic E-state index is 0.0895. The van der Waals surface area contributed by atoms with Gasteiger partial charge in [-0.25, -0.2) is 4.98 Å². The molecule has 1 heterocycles. The topological polar surface area (TPSA) is 48.1 Å². The zero-order chi connectivity index (χ0) is 10.4. The molecule has 1 atom stereocenters. The molecule has 0 aliphatic carbocycles. The van der Waals surface area contributed by atoms with Gasteiger partial charge in [-0.2, -0.15) is 0 Å². The van der Waals surface area contributed by atoms with Gasteiger partial charge in [-0.3, -0.25) is 0 Å². The Balaban J connectivity index is 2.49. The minimum absolute atomic E-state index is 0.0895. The Morgan fingerprint density at radius 1 is 1.57 bits per heavy atom. The summed E-state index contributed by atoms with van der Waals surface area (Å²) in [5.41, 5.74) is 6.96. The van der Waals surface area contributed by atoms with E-state index < -0.39 is 0 Å². The van der Waals surface area contributed by atoms with Crippen LogP contribution in [0.15, 0.2) is 5.38 Å². The number of ether oxygens (including phenoxy) is 1. The third-order valence-electron chi connectivity index (χ3n) is 1.98. The molecule has 1 aromatic heterocycles. The zero-order valence-electron chi connectivity index (χ0n) is 8.82. The smallest absolute Gasteiger partial charge is 0.119 e. The summed E-state index contributed by atoms with van der Waals surface area (Å²) in [4.78, 5) is 4.43. The van der Waals surface area contributed by atoms with Crippen LogP contribution in [0, 0.1) is 0 Å². The lowest BCUT2D eigenvalue weighted by molar-refractivity contribution is 0.133. The number of nitrogens with zero attached hydrogens (tertiary/aromatic N) is 1. The predicted octanol–water partition coefficient (Wildman–Crippen LogP) is 2.48. The highest BCUT2D eigenvalue weighted by atomic mass is 32.1. The predicted molar refractivity (Wildman–Crippen MR) is 59.3 cm³/mol. The highest BCUT2D eigenvalue weighted by Crippen LogP contribution is 2.19. The monoisotopic (exact) mass is 214 g/mol. The molecule has 0 aliphatic rings. The molecule has 0 saturated heterocycles. The fraction of sp³-hybridized carbons (Fsp3) is 0.700. The van der Waals surface area contributed by atoms with Crippen LogP contribution in [0.3, 0.4) is 0 Å². The van der Waals surface area contributed by atoms with Crippen molar-refractivity contribution in [1.82, 2.24) is 4.98 Å². The van der Waals surface area contributed by atoms with Crippen LogP contribution in [0.4, 0.5) is 0 Å². The Morgan fingerprint density at radius 3 is 3.00 bits per heavy atom. The first-order valence-corrected chi connectivity index (χ1v) is 5.93. The van der Waals surface area contributed by atoms with Crippen molar-refractivity contribution in [3.63, 3.8) is 0 Å². The van der Waals surface area contributed by atoms with Gasteiger partial charge in [-0.05, 0) is 13.3 Å². The molecule has 0 saturated carbocycles. The highest BCUT2D eigenvalue weighted by Gasteiger charge is 2.09. The molecular formula is C10H18N2OS. The number of nitrogens with two attached hydrogens (primary N) is 1. The molecular weight excluding hydrogens is 196 g/mol. The molecule has 0 fully saturated rings. The first-order chi connectivity index (χ1) is 6.77. The SMILES string of the molecule is CCCC(N)c1csc(COCC)n1. The maximum absolute atomic E-state index is 5.95. The van der Waals surface area contributed by atoms with Crippen LogP contribution in [0.25, 0.3) is 0 Å². The Morgan fingerprint density at radius 2 is 2.36 bits per heavy atom. The van der Waals surface area contributed by atoms with Gasteiger partial charge in [0.2, 0.25) is 0 Å². The third-order valence-corrected chi connectivity index (χ3v) is 2.82. The van der Waals surface area contributed by atoms with Gasteiger partial charge in [0.25, 0.3) is 0 Å². The van der Waals surface area contributed by atoms with E-state index in [4.69, 9.17) is 10.5 Å². The summed E-state index contributed by atoms with van der Waals surface area (Å²) in [5, 5.41) is 3.06. The summed E-state index contributed by atoms with van der Waals surface area (Å²) < 4.78 is 5.28. The van der Waals surface area contributed by atoms with Crippen molar-refractivity contribution in [2.24, 2.45) is 5.73 Å². The first-order valence-electron chi connectivity index (χ1n) is 5.05. The van der Waals surface area contributed by atoms with E-state index in [2.05, 4.69) is 11.9 Å². The normalized spacial score (nSPS) is 13.1. The Kier molecular flexibility index (Phi) is 5.07. The molecule has 2 N–H and O–H groups in total. The molecule has 0 aliphatic heterocycles. The van der Waals surface area contributed by atoms with Crippen LogP contribution in [-0.2, 0) is 11.3 Å². The largest absolute Gasteiger partial charge is 0.375 e. The standard InChI is InChI=1S/C10H18N2OS/c1-3-5-8(11)9-7-14-10(12-9)6-13-4-2/h7-8H,3-6,11H2,1-2H3. The van der Waals surface area contributed by atoms with Crippen molar-refractivity contribution >= 4 is 11.3 Å². The van der Waals surface area contributed by atoms with Gasteiger partial charge in [0.1, 0.15) is 5.01 Å². The van der Waals surface area contributed by atoms with Gasteiger partial charge in [0, 0.05) is 18.0 Å². The fourth-order valence-corrected chi connectivity index (χ4v) is 2.00. The maximum atomic E-state index is 5.95. The van der Waals surface area contributed by atoms with Crippen LogP contribution in [0.2, 0.25) is 0 Å². The average Bonchev–Trinajstić information content (AvgIpc) is 2.63. The van der Waals surface area contributed by atoms with Gasteiger partial charge in [0.15, 0.2) is 0 Å². The lowest BCUT2D eigenvalue weighted by Gasteiger charge is -2.05. The summed E-state index contributed by atoms with van der Waals surface area (Å²) in [6.07, 6.45) is 2.09. The molecule has 0 aromatic carbocycles. The summed E-state index contributed by atoms with van der Waals surface area (Å²) >= 11 is 1.63. The van der Waals surface area contributed by atoms with Crippen molar-refractivity contribution in [1.29, 1.82) is 0 Å². The summed E-state index contributed by atoms with van der Waals surface area (Å²) in [5.74, 6) is 0. The molecule has 80 valence electrons. The average molecular weight is 214 g/mol. The molecule has 1 aromatic rings. The zero-order valence-corrected chi connectivity index (χ0v) is 9.64. The quantitative estimate of drug-likeness (QED) is 0.791. The second-order valence-corrected chi connectivity index (χ2v) is 4.14. The van der Waals surface area contributed by atoms with E-state index >= 15 is 0 Å². The summed E-state index contributed by atoms with van der Waals surface area (Å²) in [6.45, 7) is 5.46. The minimum Gasteiger partial charge on any atom is -0.375 e. The number of thiazole rings is 1. The van der Waals surface area contributed by atoms with E-state index in [0.29, 0.717) is 6.61 Å². The second kappa shape index (κ2) is 6.11. The molecule has 1 unspecified atom stereocenters. The number of hydrogen-bond donors (Lipinski definition) is 1. The Hall–Kier alpha value is -0.450. The van der Waals surface area contributed by atoms with Gasteiger partial charge >= 0.3 is 0 Å². The highest BCUT2D eigenvalue weighted by molar-refractivity contribution is 7.09. The van der Waals surface area contributed by atoms with Gasteiger partial charge in [-0.15, -0.1) is 11.3 Å². The first kappa shape index (κ1) is 11.6. The maximum Gasteiger partial charge on any atom is 0.119 e.